The SMILES string of the molecule is CC(C)[C@@H](NC(=O)c1cc(Cl)c(F)c([N+](=O)[O-])c1)C(N)=O. The molecule has 0 fully saturated rings. The predicted molar refractivity (Wildman–Crippen MR) is 73.4 cm³/mol. The van der Waals surface area contributed by atoms with Gasteiger partial charge in [-0.3, -0.25) is 19.7 Å². The molecule has 1 aromatic carbocycles. The molecule has 1 aromatic rings. The molecule has 9 heteroatoms. The Morgan fingerprint density at radius 2 is 2.00 bits per heavy atom. The van der Waals surface area contributed by atoms with Crippen molar-refractivity contribution in [2.75, 3.05) is 0 Å². The van der Waals surface area contributed by atoms with Crippen molar-refractivity contribution in [2.24, 2.45) is 11.7 Å². The van der Waals surface area contributed by atoms with E-state index in [1.54, 1.807) is 13.8 Å². The van der Waals surface area contributed by atoms with Gasteiger partial charge < -0.3 is 11.1 Å². The second kappa shape index (κ2) is 6.49. The second-order valence-electron chi connectivity index (χ2n) is 4.65. The summed E-state index contributed by atoms with van der Waals surface area (Å²) in [6.07, 6.45) is 0. The average molecular weight is 318 g/mol. The van der Waals surface area contributed by atoms with E-state index in [1.165, 1.54) is 0 Å². The molecule has 0 aliphatic heterocycles. The van der Waals surface area contributed by atoms with Gasteiger partial charge in [0.15, 0.2) is 0 Å². The minimum absolute atomic E-state index is 0.236. The monoisotopic (exact) mass is 317 g/mol. The second-order valence-corrected chi connectivity index (χ2v) is 5.05. The zero-order valence-corrected chi connectivity index (χ0v) is 12.0. The van der Waals surface area contributed by atoms with Crippen molar-refractivity contribution in [3.63, 3.8) is 0 Å². The summed E-state index contributed by atoms with van der Waals surface area (Å²) in [6.45, 7) is 3.32. The van der Waals surface area contributed by atoms with Gasteiger partial charge in [0.2, 0.25) is 11.7 Å². The normalized spacial score (nSPS) is 12.0. The van der Waals surface area contributed by atoms with E-state index in [-0.39, 0.29) is 11.5 Å². The minimum atomic E-state index is -1.23. The van der Waals surface area contributed by atoms with Gasteiger partial charge in [-0.1, -0.05) is 25.4 Å². The summed E-state index contributed by atoms with van der Waals surface area (Å²) in [4.78, 5) is 32.9. The van der Waals surface area contributed by atoms with Crippen molar-refractivity contribution in [3.05, 3.63) is 38.7 Å². The Morgan fingerprint density at radius 1 is 1.43 bits per heavy atom. The lowest BCUT2D eigenvalue weighted by Gasteiger charge is -2.18. The van der Waals surface area contributed by atoms with Gasteiger partial charge in [-0.15, -0.1) is 0 Å². The number of benzene rings is 1. The van der Waals surface area contributed by atoms with Crippen molar-refractivity contribution < 1.29 is 18.9 Å². The molecule has 0 aliphatic carbocycles. The van der Waals surface area contributed by atoms with Crippen LogP contribution in [0.1, 0.15) is 24.2 Å². The molecule has 0 unspecified atom stereocenters. The molecule has 0 spiro atoms. The van der Waals surface area contributed by atoms with Crippen molar-refractivity contribution >= 4 is 29.1 Å². The third-order valence-corrected chi connectivity index (χ3v) is 3.00. The first-order valence-corrected chi connectivity index (χ1v) is 6.26. The molecule has 1 rings (SSSR count). The summed E-state index contributed by atoms with van der Waals surface area (Å²) in [6, 6.07) is 0.729. The highest BCUT2D eigenvalue weighted by atomic mass is 35.5. The van der Waals surface area contributed by atoms with Gasteiger partial charge >= 0.3 is 5.69 Å². The summed E-state index contributed by atoms with van der Waals surface area (Å²) < 4.78 is 13.4. The Kier molecular flexibility index (Phi) is 5.20. The van der Waals surface area contributed by atoms with Gasteiger partial charge in [0.25, 0.3) is 5.91 Å². The van der Waals surface area contributed by atoms with Crippen LogP contribution in [0.5, 0.6) is 0 Å². The molecule has 2 amide bonds. The van der Waals surface area contributed by atoms with E-state index in [0.717, 1.165) is 12.1 Å². The van der Waals surface area contributed by atoms with Gasteiger partial charge in [0.1, 0.15) is 6.04 Å². The average Bonchev–Trinajstić information content (AvgIpc) is 2.37. The first-order valence-electron chi connectivity index (χ1n) is 5.88. The van der Waals surface area contributed by atoms with Crippen LogP contribution >= 0.6 is 11.6 Å². The van der Waals surface area contributed by atoms with Crippen LogP contribution in [0.3, 0.4) is 0 Å². The van der Waals surface area contributed by atoms with Gasteiger partial charge in [-0.2, -0.15) is 4.39 Å². The van der Waals surface area contributed by atoms with Crippen LogP contribution in [-0.4, -0.2) is 22.8 Å². The highest BCUT2D eigenvalue weighted by molar-refractivity contribution is 6.31. The van der Waals surface area contributed by atoms with Crippen LogP contribution < -0.4 is 11.1 Å². The Morgan fingerprint density at radius 3 is 2.43 bits per heavy atom. The van der Waals surface area contributed by atoms with Gasteiger partial charge in [-0.25, -0.2) is 0 Å². The zero-order chi connectivity index (χ0) is 16.3. The topological polar surface area (TPSA) is 115 Å². The number of nitro benzene ring substituents is 1. The molecule has 0 aromatic heterocycles. The summed E-state index contributed by atoms with van der Waals surface area (Å²) in [5.74, 6) is -3.07. The number of rotatable bonds is 5. The molecule has 3 N–H and O–H groups in total. The van der Waals surface area contributed by atoms with Crippen molar-refractivity contribution in [1.29, 1.82) is 0 Å². The fourth-order valence-corrected chi connectivity index (χ4v) is 1.84. The van der Waals surface area contributed by atoms with E-state index >= 15 is 0 Å². The lowest BCUT2D eigenvalue weighted by atomic mass is 10.0. The first kappa shape index (κ1) is 16.8. The maximum atomic E-state index is 13.4. The van der Waals surface area contributed by atoms with E-state index in [1.807, 2.05) is 0 Å². The first-order chi connectivity index (χ1) is 9.65. The van der Waals surface area contributed by atoms with E-state index in [0.29, 0.717) is 0 Å². The van der Waals surface area contributed by atoms with Crippen LogP contribution in [0.2, 0.25) is 5.02 Å². The summed E-state index contributed by atoms with van der Waals surface area (Å²) in [7, 11) is 0. The lowest BCUT2D eigenvalue weighted by Crippen LogP contribution is -2.47. The van der Waals surface area contributed by atoms with Crippen LogP contribution in [0.25, 0.3) is 0 Å². The van der Waals surface area contributed by atoms with Gasteiger partial charge in [0.05, 0.1) is 9.95 Å². The number of nitrogens with one attached hydrogen (secondary N) is 1. The molecule has 1 atom stereocenters. The molecular formula is C12H13ClFN3O4. The highest BCUT2D eigenvalue weighted by Gasteiger charge is 2.25. The molecule has 0 radical (unpaired) electrons. The zero-order valence-electron chi connectivity index (χ0n) is 11.2. The van der Waals surface area contributed by atoms with E-state index in [9.17, 15) is 24.1 Å². The number of hydrogen-bond acceptors (Lipinski definition) is 4. The third kappa shape index (κ3) is 3.88. The van der Waals surface area contributed by atoms with Crippen LogP contribution in [0, 0.1) is 21.8 Å². The highest BCUT2D eigenvalue weighted by Crippen LogP contribution is 2.26. The predicted octanol–water partition coefficient (Wildman–Crippen LogP) is 1.63. The Balaban J connectivity index is 3.14. The van der Waals surface area contributed by atoms with Gasteiger partial charge in [-0.05, 0) is 12.0 Å². The van der Waals surface area contributed by atoms with Crippen LogP contribution in [0.15, 0.2) is 12.1 Å². The maximum absolute atomic E-state index is 13.4. The molecule has 0 heterocycles. The number of amides is 2. The Labute approximate surface area is 124 Å². The van der Waals surface area contributed by atoms with Crippen LogP contribution in [-0.2, 0) is 4.79 Å². The standard InChI is InChI=1S/C12H13ClFN3O4/c1-5(2)10(11(15)18)16-12(19)6-3-7(13)9(14)8(4-6)17(20)21/h3-5,10H,1-2H3,(H2,15,18)(H,16,19)/t10-/m1/s1. The number of nitro groups is 1. The minimum Gasteiger partial charge on any atom is -0.368 e. The Bertz CT molecular complexity index is 606. The molecule has 0 aliphatic rings. The van der Waals surface area contributed by atoms with Crippen molar-refractivity contribution in [2.45, 2.75) is 19.9 Å². The number of primary amides is 1. The summed E-state index contributed by atoms with van der Waals surface area (Å²) >= 11 is 5.52. The molecule has 21 heavy (non-hydrogen) atoms. The van der Waals surface area contributed by atoms with E-state index in [4.69, 9.17) is 17.3 Å². The molecule has 7 nitrogen and oxygen atoms in total. The van der Waals surface area contributed by atoms with Crippen molar-refractivity contribution in [3.8, 4) is 0 Å². The molecule has 0 saturated heterocycles. The third-order valence-electron chi connectivity index (χ3n) is 2.73. The lowest BCUT2D eigenvalue weighted by molar-refractivity contribution is -0.387. The van der Waals surface area contributed by atoms with Crippen molar-refractivity contribution in [1.82, 2.24) is 5.32 Å². The number of nitrogens with zero attached hydrogens (tertiary/aromatic N) is 1. The smallest absolute Gasteiger partial charge is 0.307 e. The van der Waals surface area contributed by atoms with E-state index in [2.05, 4.69) is 5.32 Å². The number of hydrogen-bond donors (Lipinski definition) is 2. The number of nitrogens with two attached hydrogens (primary N) is 1. The van der Waals surface area contributed by atoms with Gasteiger partial charge in [0, 0.05) is 11.6 Å². The summed E-state index contributed by atoms with van der Waals surface area (Å²) in [5, 5.41) is 12.5. The number of carbonyl (C=O) groups excluding carboxylic acids is 2. The van der Waals surface area contributed by atoms with Crippen LogP contribution in [0.4, 0.5) is 10.1 Å². The van der Waals surface area contributed by atoms with E-state index < -0.39 is 39.3 Å². The largest absolute Gasteiger partial charge is 0.368 e. The molecule has 0 bridgehead atoms. The molecule has 114 valence electrons. The number of carbonyl (C=O) groups is 2. The fraction of sp³-hybridized carbons (Fsp3) is 0.333. The fourth-order valence-electron chi connectivity index (χ4n) is 1.63. The number of halogens is 2. The molecular weight excluding hydrogens is 305 g/mol. The maximum Gasteiger partial charge on any atom is 0.307 e. The molecule has 0 saturated carbocycles. The summed E-state index contributed by atoms with van der Waals surface area (Å²) in [5.41, 5.74) is 3.99. The Hall–Kier alpha value is -2.22. The quantitative estimate of drug-likeness (QED) is 0.634.